The van der Waals surface area contributed by atoms with Gasteiger partial charge in [0.25, 0.3) is 0 Å². The summed E-state index contributed by atoms with van der Waals surface area (Å²) in [6, 6.07) is 13.6. The van der Waals surface area contributed by atoms with Crippen LogP contribution in [-0.2, 0) is 3.55 Å². The van der Waals surface area contributed by atoms with Crippen LogP contribution in [0, 0.1) is 0 Å². The van der Waals surface area contributed by atoms with Crippen molar-refractivity contribution in [2.75, 3.05) is 11.5 Å². The Balaban J connectivity index is 1.83. The number of alkyl halides is 2. The van der Waals surface area contributed by atoms with Crippen molar-refractivity contribution in [1.82, 2.24) is 5.32 Å². The topological polar surface area (TPSA) is 12.0 Å². The number of benzene rings is 2. The summed E-state index contributed by atoms with van der Waals surface area (Å²) in [5.41, 5.74) is 5.71. The van der Waals surface area contributed by atoms with E-state index in [1.807, 2.05) is 0 Å². The van der Waals surface area contributed by atoms with E-state index in [9.17, 15) is 0 Å². The Morgan fingerprint density at radius 2 is 1.38 bits per heavy atom. The van der Waals surface area contributed by atoms with Gasteiger partial charge in [-0.3, -0.25) is 0 Å². The average molecular weight is 592 g/mol. The van der Waals surface area contributed by atoms with Gasteiger partial charge in [0.05, 0.1) is 0 Å². The predicted molar refractivity (Wildman–Crippen MR) is 115 cm³/mol. The van der Waals surface area contributed by atoms with Crippen LogP contribution >= 0.6 is 31.9 Å². The van der Waals surface area contributed by atoms with Gasteiger partial charge in [0.15, 0.2) is 0 Å². The van der Waals surface area contributed by atoms with Gasteiger partial charge in [0.1, 0.15) is 0 Å². The zero-order chi connectivity index (χ0) is 18.6. The fourth-order valence-corrected chi connectivity index (χ4v) is 7.27. The summed E-state index contributed by atoms with van der Waals surface area (Å²) in [5, 5.41) is 4.01. The molecule has 26 heavy (non-hydrogen) atoms. The van der Waals surface area contributed by atoms with Gasteiger partial charge in [-0.05, 0) is 0 Å². The van der Waals surface area contributed by atoms with E-state index in [4.69, 9.17) is 0 Å². The first-order chi connectivity index (χ1) is 12.6. The number of hydrogen-bond acceptors (Lipinski definition) is 1. The molecule has 2 aromatic rings. The number of hydrogen-bond donors (Lipinski definition) is 1. The SMILES string of the molecule is CCCCCCCCNC1([I-]C)c2cc(Br)ccc2-c2ccc(Br)cc21. The summed E-state index contributed by atoms with van der Waals surface area (Å²) < 4.78 is 2.37. The molecule has 0 aliphatic heterocycles. The van der Waals surface area contributed by atoms with E-state index in [-0.39, 0.29) is 24.8 Å². The molecule has 0 bridgehead atoms. The van der Waals surface area contributed by atoms with Crippen LogP contribution in [0.15, 0.2) is 45.3 Å². The second kappa shape index (κ2) is 9.53. The van der Waals surface area contributed by atoms with Crippen LogP contribution in [0.4, 0.5) is 0 Å². The van der Waals surface area contributed by atoms with Gasteiger partial charge in [0.2, 0.25) is 0 Å². The second-order valence-corrected chi connectivity index (χ2v) is 11.5. The molecule has 1 aliphatic rings. The summed E-state index contributed by atoms with van der Waals surface area (Å²) in [6.07, 6.45) is 8.05. The van der Waals surface area contributed by atoms with Crippen LogP contribution in [0.1, 0.15) is 56.6 Å². The number of fused-ring (bicyclic) bond motifs is 3. The molecule has 0 atom stereocenters. The maximum absolute atomic E-state index is 4.01. The minimum absolute atomic E-state index is 0.0283. The Morgan fingerprint density at radius 3 is 1.92 bits per heavy atom. The van der Waals surface area contributed by atoms with Gasteiger partial charge in [-0.2, -0.15) is 0 Å². The first-order valence-corrected chi connectivity index (χ1v) is 14.3. The van der Waals surface area contributed by atoms with Crippen molar-refractivity contribution < 1.29 is 21.2 Å². The standard InChI is InChI=1S/C22H27Br2IN/c1-3-4-5-6-7-8-13-26-22(25-2)20-14-16(23)9-11-18(20)19-12-10-17(24)15-21(19)22/h9-12,14-15,26H,3-8,13H2,1-2H3/q-1. The normalized spacial score (nSPS) is 14.5. The summed E-state index contributed by atoms with van der Waals surface area (Å²) in [5.74, 6) is 0. The molecule has 0 heterocycles. The van der Waals surface area contributed by atoms with Crippen LogP contribution in [0.5, 0.6) is 0 Å². The van der Waals surface area contributed by atoms with Gasteiger partial charge < -0.3 is 0 Å². The summed E-state index contributed by atoms with van der Waals surface area (Å²) >= 11 is 7.32. The third-order valence-electron chi connectivity index (χ3n) is 5.18. The molecule has 4 heteroatoms. The monoisotopic (exact) mass is 590 g/mol. The molecule has 0 radical (unpaired) electrons. The Kier molecular flexibility index (Phi) is 7.63. The zero-order valence-corrected chi connectivity index (χ0v) is 20.9. The van der Waals surface area contributed by atoms with Crippen molar-refractivity contribution >= 4 is 31.9 Å². The van der Waals surface area contributed by atoms with E-state index in [1.54, 1.807) is 0 Å². The van der Waals surface area contributed by atoms with E-state index in [0.717, 1.165) is 6.54 Å². The van der Waals surface area contributed by atoms with Crippen LogP contribution in [0.2, 0.25) is 0 Å². The number of halogens is 3. The van der Waals surface area contributed by atoms with Crippen LogP contribution < -0.4 is 26.5 Å². The molecule has 0 unspecified atom stereocenters. The van der Waals surface area contributed by atoms with E-state index in [0.29, 0.717) is 0 Å². The first kappa shape index (κ1) is 20.8. The van der Waals surface area contributed by atoms with E-state index in [1.165, 1.54) is 69.7 Å². The molecule has 142 valence electrons. The molecule has 0 fully saturated rings. The minimum atomic E-state index is -0.0713. The molecule has 1 N–H and O–H groups in total. The van der Waals surface area contributed by atoms with Gasteiger partial charge >= 0.3 is 186 Å². The van der Waals surface area contributed by atoms with Crippen molar-refractivity contribution in [3.05, 3.63) is 56.5 Å². The fraction of sp³-hybridized carbons (Fsp3) is 0.455. The molecule has 1 aliphatic carbocycles. The Labute approximate surface area is 185 Å². The summed E-state index contributed by atoms with van der Waals surface area (Å²) in [7, 11) is 0. The van der Waals surface area contributed by atoms with Crippen LogP contribution in [0.3, 0.4) is 0 Å². The zero-order valence-electron chi connectivity index (χ0n) is 15.5. The molecule has 0 aromatic heterocycles. The van der Waals surface area contributed by atoms with Crippen molar-refractivity contribution in [1.29, 1.82) is 0 Å². The van der Waals surface area contributed by atoms with Crippen LogP contribution in [-0.4, -0.2) is 11.5 Å². The molecule has 0 amide bonds. The van der Waals surface area contributed by atoms with Gasteiger partial charge in [-0.25, -0.2) is 0 Å². The van der Waals surface area contributed by atoms with Crippen molar-refractivity contribution in [3.8, 4) is 11.1 Å². The molecule has 0 saturated heterocycles. The van der Waals surface area contributed by atoms with E-state index >= 15 is 0 Å². The summed E-state index contributed by atoms with van der Waals surface area (Å²) in [6.45, 7) is 3.37. The van der Waals surface area contributed by atoms with E-state index in [2.05, 4.69) is 85.4 Å². The second-order valence-electron chi connectivity index (χ2n) is 6.92. The molecule has 3 rings (SSSR count). The van der Waals surface area contributed by atoms with Crippen LogP contribution in [0.25, 0.3) is 11.1 Å². The first-order valence-electron chi connectivity index (χ1n) is 9.48. The number of rotatable bonds is 9. The third kappa shape index (κ3) is 4.23. The van der Waals surface area contributed by atoms with Gasteiger partial charge in [-0.1, -0.05) is 0 Å². The average Bonchev–Trinajstić information content (AvgIpc) is 2.90. The number of unbranched alkanes of at least 4 members (excludes halogenated alkanes) is 5. The number of nitrogens with one attached hydrogen (secondary N) is 1. The quantitative estimate of drug-likeness (QED) is 0.201. The van der Waals surface area contributed by atoms with Gasteiger partial charge in [-0.15, -0.1) is 0 Å². The van der Waals surface area contributed by atoms with E-state index < -0.39 is 0 Å². The Bertz CT molecular complexity index is 708. The fourth-order valence-electron chi connectivity index (χ4n) is 3.84. The predicted octanol–water partition coefficient (Wildman–Crippen LogP) is 4.06. The molecule has 1 nitrogen and oxygen atoms in total. The molecular formula is C22H27Br2IN-. The van der Waals surface area contributed by atoms with Crippen molar-refractivity contribution in [2.45, 2.75) is 49.0 Å². The molecule has 0 spiro atoms. The Morgan fingerprint density at radius 1 is 0.846 bits per heavy atom. The summed E-state index contributed by atoms with van der Waals surface area (Å²) in [4.78, 5) is 2.41. The molecular weight excluding hydrogens is 565 g/mol. The molecule has 0 saturated carbocycles. The van der Waals surface area contributed by atoms with Crippen molar-refractivity contribution in [2.24, 2.45) is 0 Å². The van der Waals surface area contributed by atoms with Gasteiger partial charge in [0, 0.05) is 0 Å². The molecule has 2 aromatic carbocycles. The Hall–Kier alpha value is 0.0900. The maximum atomic E-state index is 4.01. The third-order valence-corrected chi connectivity index (χ3v) is 9.33. The van der Waals surface area contributed by atoms with Crippen molar-refractivity contribution in [3.63, 3.8) is 0 Å².